The normalized spacial score (nSPS) is 18.1. The quantitative estimate of drug-likeness (QED) is 0.752. The van der Waals surface area contributed by atoms with Crippen molar-refractivity contribution < 1.29 is 21.4 Å². The lowest BCUT2D eigenvalue weighted by atomic mass is 9.93. The highest BCUT2D eigenvalue weighted by atomic mass is 32.2. The van der Waals surface area contributed by atoms with Gasteiger partial charge in [0.25, 0.3) is 10.1 Å². The van der Waals surface area contributed by atoms with Crippen molar-refractivity contribution in [3.8, 4) is 0 Å². The third kappa shape index (κ3) is 2.35. The van der Waals surface area contributed by atoms with Crippen LogP contribution in [-0.4, -0.2) is 49.3 Å². The minimum atomic E-state index is -4.49. The Kier molecular flexibility index (Phi) is 4.44. The molecule has 0 aliphatic heterocycles. The number of nitrogens with zero attached hydrogens (tertiary/aromatic N) is 1. The smallest absolute Gasteiger partial charge is 0.271 e. The topological polar surface area (TPSA) is 91.8 Å². The lowest BCUT2D eigenvalue weighted by molar-refractivity contribution is 0.361. The first kappa shape index (κ1) is 16.8. The first-order chi connectivity index (χ1) is 7.25. The molecule has 104 valence electrons. The maximum Gasteiger partial charge on any atom is 0.271 e. The van der Waals surface area contributed by atoms with E-state index < -0.39 is 29.6 Å². The molecule has 1 atom stereocenters. The van der Waals surface area contributed by atoms with Crippen molar-refractivity contribution in [3.63, 3.8) is 0 Å². The van der Waals surface area contributed by atoms with Crippen molar-refractivity contribution in [1.29, 1.82) is 0 Å². The Bertz CT molecular complexity index is 478. The monoisotopic (exact) mass is 287 g/mol. The summed E-state index contributed by atoms with van der Waals surface area (Å²) in [7, 11) is -5.67. The van der Waals surface area contributed by atoms with E-state index in [-0.39, 0.29) is 6.42 Å². The molecule has 0 fully saturated rings. The van der Waals surface area contributed by atoms with Crippen molar-refractivity contribution in [3.05, 3.63) is 0 Å². The molecule has 0 aliphatic rings. The van der Waals surface area contributed by atoms with Gasteiger partial charge in [0.15, 0.2) is 0 Å². The fourth-order valence-corrected chi connectivity index (χ4v) is 4.87. The molecule has 0 saturated heterocycles. The van der Waals surface area contributed by atoms with Gasteiger partial charge in [-0.05, 0) is 27.2 Å². The molecule has 0 spiro atoms. The SMILES string of the molecule is CCC(C)(C(C)(C)S(=O)(=O)N(C)C)S(=O)(=O)O. The van der Waals surface area contributed by atoms with Crippen LogP contribution in [0.2, 0.25) is 0 Å². The van der Waals surface area contributed by atoms with Gasteiger partial charge in [-0.3, -0.25) is 4.55 Å². The van der Waals surface area contributed by atoms with E-state index in [2.05, 4.69) is 0 Å². The molecule has 8 heteroatoms. The highest BCUT2D eigenvalue weighted by Gasteiger charge is 2.57. The standard InChI is InChI=1S/C9H21NO5S2/c1-7-9(4,17(13,14)15)8(2,3)16(11,12)10(5)6/h7H2,1-6H3,(H,13,14,15). The Labute approximate surface area is 104 Å². The predicted octanol–water partition coefficient (Wildman–Crippen LogP) is 0.713. The van der Waals surface area contributed by atoms with E-state index in [1.165, 1.54) is 41.8 Å². The molecule has 0 aromatic rings. The second kappa shape index (κ2) is 4.49. The summed E-state index contributed by atoms with van der Waals surface area (Å²) in [5, 5.41) is 0. The molecule has 1 N–H and O–H groups in total. The fraction of sp³-hybridized carbons (Fsp3) is 1.00. The number of hydrogen-bond donors (Lipinski definition) is 1. The summed E-state index contributed by atoms with van der Waals surface area (Å²) in [6.45, 7) is 5.38. The van der Waals surface area contributed by atoms with Gasteiger partial charge in [-0.1, -0.05) is 6.92 Å². The lowest BCUT2D eigenvalue weighted by Crippen LogP contribution is -2.60. The molecular formula is C9H21NO5S2. The molecule has 0 aliphatic carbocycles. The second-order valence-electron chi connectivity index (χ2n) is 4.86. The van der Waals surface area contributed by atoms with E-state index in [0.717, 1.165) is 4.31 Å². The van der Waals surface area contributed by atoms with Crippen molar-refractivity contribution in [1.82, 2.24) is 4.31 Å². The molecule has 0 saturated carbocycles. The second-order valence-corrected chi connectivity index (χ2v) is 9.41. The van der Waals surface area contributed by atoms with Gasteiger partial charge in [0.1, 0.15) is 9.49 Å². The Morgan fingerprint density at radius 2 is 1.41 bits per heavy atom. The van der Waals surface area contributed by atoms with Crippen LogP contribution in [0.4, 0.5) is 0 Å². The number of rotatable bonds is 5. The number of hydrogen-bond acceptors (Lipinski definition) is 4. The molecule has 17 heavy (non-hydrogen) atoms. The summed E-state index contributed by atoms with van der Waals surface area (Å²) in [5.74, 6) is 0. The Balaban J connectivity index is 6.11. The Morgan fingerprint density at radius 1 is 1.06 bits per heavy atom. The predicted molar refractivity (Wildman–Crippen MR) is 66.9 cm³/mol. The van der Waals surface area contributed by atoms with E-state index in [1.807, 2.05) is 0 Å². The zero-order valence-electron chi connectivity index (χ0n) is 11.1. The van der Waals surface area contributed by atoms with Crippen molar-refractivity contribution in [2.75, 3.05) is 14.1 Å². The molecule has 0 rings (SSSR count). The average Bonchev–Trinajstić information content (AvgIpc) is 2.13. The van der Waals surface area contributed by atoms with Crippen molar-refractivity contribution in [2.24, 2.45) is 0 Å². The van der Waals surface area contributed by atoms with Crippen LogP contribution in [0.15, 0.2) is 0 Å². The van der Waals surface area contributed by atoms with Crippen LogP contribution in [0.1, 0.15) is 34.1 Å². The van der Waals surface area contributed by atoms with E-state index in [9.17, 15) is 21.4 Å². The van der Waals surface area contributed by atoms with E-state index in [4.69, 9.17) is 0 Å². The molecule has 0 radical (unpaired) electrons. The summed E-state index contributed by atoms with van der Waals surface area (Å²) in [6.07, 6.45) is -0.00803. The first-order valence-electron chi connectivity index (χ1n) is 5.15. The van der Waals surface area contributed by atoms with Crippen LogP contribution in [0.3, 0.4) is 0 Å². The molecule has 0 aromatic heterocycles. The fourth-order valence-electron chi connectivity index (χ4n) is 1.65. The summed E-state index contributed by atoms with van der Waals surface area (Å²) in [5.41, 5.74) is 0. The van der Waals surface area contributed by atoms with Gasteiger partial charge in [-0.25, -0.2) is 12.7 Å². The van der Waals surface area contributed by atoms with E-state index >= 15 is 0 Å². The van der Waals surface area contributed by atoms with Gasteiger partial charge in [0.2, 0.25) is 10.0 Å². The minimum Gasteiger partial charge on any atom is -0.285 e. The van der Waals surface area contributed by atoms with Crippen LogP contribution >= 0.6 is 0 Å². The van der Waals surface area contributed by atoms with E-state index in [1.54, 1.807) is 0 Å². The van der Waals surface area contributed by atoms with Crippen LogP contribution in [-0.2, 0) is 20.1 Å². The zero-order valence-corrected chi connectivity index (χ0v) is 12.7. The largest absolute Gasteiger partial charge is 0.285 e. The molecule has 0 bridgehead atoms. The molecule has 1 unspecified atom stereocenters. The number of sulfonamides is 1. The third-order valence-electron chi connectivity index (χ3n) is 3.64. The van der Waals surface area contributed by atoms with Gasteiger partial charge < -0.3 is 0 Å². The van der Waals surface area contributed by atoms with Crippen LogP contribution < -0.4 is 0 Å². The van der Waals surface area contributed by atoms with E-state index in [0.29, 0.717) is 0 Å². The molecule has 6 nitrogen and oxygen atoms in total. The van der Waals surface area contributed by atoms with Crippen molar-refractivity contribution >= 4 is 20.1 Å². The van der Waals surface area contributed by atoms with Gasteiger partial charge in [-0.15, -0.1) is 0 Å². The average molecular weight is 287 g/mol. The van der Waals surface area contributed by atoms with Gasteiger partial charge in [-0.2, -0.15) is 8.42 Å². The van der Waals surface area contributed by atoms with Crippen LogP contribution in [0.25, 0.3) is 0 Å². The summed E-state index contributed by atoms with van der Waals surface area (Å²) >= 11 is 0. The molecule has 0 aromatic carbocycles. The summed E-state index contributed by atoms with van der Waals surface area (Å²) in [6, 6.07) is 0. The highest BCUT2D eigenvalue weighted by Crippen LogP contribution is 2.39. The van der Waals surface area contributed by atoms with Gasteiger partial charge in [0.05, 0.1) is 0 Å². The molecular weight excluding hydrogens is 266 g/mol. The summed E-state index contributed by atoms with van der Waals surface area (Å²) < 4.78 is 54.1. The zero-order chi connectivity index (χ0) is 14.3. The highest BCUT2D eigenvalue weighted by molar-refractivity contribution is 7.93. The van der Waals surface area contributed by atoms with Crippen LogP contribution in [0, 0.1) is 0 Å². The summed E-state index contributed by atoms with van der Waals surface area (Å²) in [4.78, 5) is 0. The first-order valence-corrected chi connectivity index (χ1v) is 8.03. The minimum absolute atomic E-state index is 0.00803. The lowest BCUT2D eigenvalue weighted by Gasteiger charge is -2.41. The maximum absolute atomic E-state index is 12.2. The van der Waals surface area contributed by atoms with Crippen molar-refractivity contribution in [2.45, 2.75) is 43.6 Å². The molecule has 0 heterocycles. The Morgan fingerprint density at radius 3 is 1.59 bits per heavy atom. The van der Waals surface area contributed by atoms with Gasteiger partial charge >= 0.3 is 0 Å². The Hall–Kier alpha value is -0.180. The third-order valence-corrected chi connectivity index (χ3v) is 8.41. The van der Waals surface area contributed by atoms with Gasteiger partial charge in [0, 0.05) is 14.1 Å². The maximum atomic E-state index is 12.2. The van der Waals surface area contributed by atoms with Crippen LogP contribution in [0.5, 0.6) is 0 Å². The molecule has 0 amide bonds.